The van der Waals surface area contributed by atoms with Crippen molar-refractivity contribution in [2.45, 2.75) is 17.2 Å². The molecule has 100 valence electrons. The molecule has 2 aromatic rings. The lowest BCUT2D eigenvalue weighted by molar-refractivity contribution is -0.117. The molecule has 0 saturated carbocycles. The quantitative estimate of drug-likeness (QED) is 0.732. The van der Waals surface area contributed by atoms with E-state index in [9.17, 15) is 4.79 Å². The van der Waals surface area contributed by atoms with E-state index in [1.807, 2.05) is 30.3 Å². The summed E-state index contributed by atoms with van der Waals surface area (Å²) in [5.41, 5.74) is 5.00. The third kappa shape index (κ3) is 4.72. The molecule has 0 spiro atoms. The zero-order valence-corrected chi connectivity index (χ0v) is 11.0. The molecule has 1 heterocycles. The lowest BCUT2D eigenvalue weighted by Crippen LogP contribution is -2.28. The number of aromatic nitrogens is 2. The minimum Gasteiger partial charge on any atom is -0.369 e. The van der Waals surface area contributed by atoms with Gasteiger partial charge in [-0.05, 0) is 12.1 Å². The van der Waals surface area contributed by atoms with E-state index >= 15 is 0 Å². The number of nitrogens with zero attached hydrogens (tertiary/aromatic N) is 2. The second kappa shape index (κ2) is 6.91. The highest BCUT2D eigenvalue weighted by molar-refractivity contribution is 7.98. The smallest absolute Gasteiger partial charge is 0.240 e. The summed E-state index contributed by atoms with van der Waals surface area (Å²) in [6.07, 6.45) is 0. The lowest BCUT2D eigenvalue weighted by Gasteiger charge is -1.96. The Balaban J connectivity index is 1.79. The number of benzene rings is 1. The highest BCUT2D eigenvalue weighted by Crippen LogP contribution is 2.20. The topological polar surface area (TPSA) is 94.0 Å². The van der Waals surface area contributed by atoms with Crippen molar-refractivity contribution < 1.29 is 9.32 Å². The molecule has 0 aliphatic heterocycles. The number of nitrogens with two attached hydrogens (primary N) is 1. The van der Waals surface area contributed by atoms with Crippen molar-refractivity contribution in [3.05, 3.63) is 42.0 Å². The molecule has 0 atom stereocenters. The minimum absolute atomic E-state index is 0.0937. The van der Waals surface area contributed by atoms with E-state index in [0.29, 0.717) is 24.0 Å². The molecular weight excluding hydrogens is 264 g/mol. The van der Waals surface area contributed by atoms with Crippen LogP contribution in [0.1, 0.15) is 11.7 Å². The van der Waals surface area contributed by atoms with E-state index in [4.69, 9.17) is 10.3 Å². The molecule has 0 bridgehead atoms. The molecule has 2 rings (SSSR count). The molecule has 6 nitrogen and oxygen atoms in total. The Morgan fingerprint density at radius 2 is 2.16 bits per heavy atom. The fourth-order valence-corrected chi connectivity index (χ4v) is 2.14. The summed E-state index contributed by atoms with van der Waals surface area (Å²) in [6, 6.07) is 10.00. The predicted molar refractivity (Wildman–Crippen MR) is 71.2 cm³/mol. The number of thioether (sulfide) groups is 1. The summed E-state index contributed by atoms with van der Waals surface area (Å²) < 4.78 is 5.05. The third-order valence-corrected chi connectivity index (χ3v) is 3.20. The number of carbonyl (C=O) groups is 1. The number of rotatable bonds is 7. The number of nitrogens with one attached hydrogen (secondary N) is 1. The molecule has 0 aliphatic carbocycles. The fourth-order valence-electron chi connectivity index (χ4n) is 1.38. The van der Waals surface area contributed by atoms with Gasteiger partial charge in [0.05, 0.1) is 18.8 Å². The van der Waals surface area contributed by atoms with Crippen LogP contribution in [0.2, 0.25) is 0 Å². The van der Waals surface area contributed by atoms with Crippen molar-refractivity contribution in [1.82, 2.24) is 15.5 Å². The predicted octanol–water partition coefficient (Wildman–Crippen LogP) is 0.937. The van der Waals surface area contributed by atoms with Crippen LogP contribution in [-0.2, 0) is 17.1 Å². The Morgan fingerprint density at radius 3 is 2.89 bits per heavy atom. The number of amides is 1. The second-order valence-electron chi connectivity index (χ2n) is 3.78. The molecule has 1 aromatic carbocycles. The van der Waals surface area contributed by atoms with Crippen molar-refractivity contribution in [1.29, 1.82) is 0 Å². The maximum absolute atomic E-state index is 10.5. The number of primary amides is 1. The van der Waals surface area contributed by atoms with E-state index in [2.05, 4.69) is 15.5 Å². The van der Waals surface area contributed by atoms with E-state index in [1.54, 1.807) is 11.8 Å². The van der Waals surface area contributed by atoms with Crippen molar-refractivity contribution in [2.75, 3.05) is 6.54 Å². The first kappa shape index (κ1) is 13.6. The van der Waals surface area contributed by atoms with Crippen molar-refractivity contribution in [3.63, 3.8) is 0 Å². The van der Waals surface area contributed by atoms with E-state index < -0.39 is 5.91 Å². The summed E-state index contributed by atoms with van der Waals surface area (Å²) >= 11 is 1.64. The van der Waals surface area contributed by atoms with Crippen LogP contribution in [0.25, 0.3) is 0 Å². The van der Waals surface area contributed by atoms with Gasteiger partial charge in [-0.25, -0.2) is 0 Å². The van der Waals surface area contributed by atoms with Crippen molar-refractivity contribution >= 4 is 17.7 Å². The van der Waals surface area contributed by atoms with E-state index in [0.717, 1.165) is 4.90 Å². The summed E-state index contributed by atoms with van der Waals surface area (Å²) in [5, 5.41) is 6.68. The Hall–Kier alpha value is -1.86. The Morgan fingerprint density at radius 1 is 1.37 bits per heavy atom. The number of hydrogen-bond acceptors (Lipinski definition) is 6. The van der Waals surface area contributed by atoms with Gasteiger partial charge in [-0.1, -0.05) is 23.4 Å². The Labute approximate surface area is 114 Å². The first-order valence-electron chi connectivity index (χ1n) is 5.72. The lowest BCUT2D eigenvalue weighted by atomic mass is 10.4. The highest BCUT2D eigenvalue weighted by atomic mass is 32.2. The van der Waals surface area contributed by atoms with Gasteiger partial charge < -0.3 is 10.3 Å². The SMILES string of the molecule is NC(=O)CNCc1nc(CSc2ccccc2)no1. The maximum Gasteiger partial charge on any atom is 0.240 e. The molecule has 7 heteroatoms. The summed E-state index contributed by atoms with van der Waals surface area (Å²) in [4.78, 5) is 15.9. The molecule has 0 aliphatic rings. The first-order chi connectivity index (χ1) is 9.24. The molecule has 19 heavy (non-hydrogen) atoms. The van der Waals surface area contributed by atoms with Crippen LogP contribution in [0.4, 0.5) is 0 Å². The van der Waals surface area contributed by atoms with Gasteiger partial charge in [-0.3, -0.25) is 10.1 Å². The average Bonchev–Trinajstić information content (AvgIpc) is 2.85. The third-order valence-electron chi connectivity index (χ3n) is 2.20. The first-order valence-corrected chi connectivity index (χ1v) is 6.71. The van der Waals surface area contributed by atoms with Crippen molar-refractivity contribution in [2.24, 2.45) is 5.73 Å². The molecule has 0 radical (unpaired) electrons. The van der Waals surface area contributed by atoms with E-state index in [-0.39, 0.29) is 6.54 Å². The molecule has 3 N–H and O–H groups in total. The Kier molecular flexibility index (Phi) is 4.93. The minimum atomic E-state index is -0.417. The number of carbonyl (C=O) groups excluding carboxylic acids is 1. The highest BCUT2D eigenvalue weighted by Gasteiger charge is 2.06. The van der Waals surface area contributed by atoms with Gasteiger partial charge in [-0.2, -0.15) is 4.98 Å². The Bertz CT molecular complexity index is 530. The van der Waals surface area contributed by atoms with Gasteiger partial charge in [0.15, 0.2) is 5.82 Å². The molecule has 0 unspecified atom stereocenters. The maximum atomic E-state index is 10.5. The van der Waals surface area contributed by atoms with Gasteiger partial charge >= 0.3 is 0 Å². The van der Waals surface area contributed by atoms with Crippen LogP contribution in [0.3, 0.4) is 0 Å². The zero-order chi connectivity index (χ0) is 13.5. The monoisotopic (exact) mass is 278 g/mol. The van der Waals surface area contributed by atoms with Gasteiger partial charge in [0.2, 0.25) is 11.8 Å². The van der Waals surface area contributed by atoms with Gasteiger partial charge in [0, 0.05) is 4.90 Å². The van der Waals surface area contributed by atoms with Gasteiger partial charge in [0.1, 0.15) is 0 Å². The van der Waals surface area contributed by atoms with Gasteiger partial charge in [0.25, 0.3) is 0 Å². The van der Waals surface area contributed by atoms with Crippen LogP contribution in [0.5, 0.6) is 0 Å². The molecular formula is C12H14N4O2S. The normalized spacial score (nSPS) is 10.5. The van der Waals surface area contributed by atoms with Crippen LogP contribution in [0.15, 0.2) is 39.8 Å². The van der Waals surface area contributed by atoms with Crippen LogP contribution < -0.4 is 11.1 Å². The fraction of sp³-hybridized carbons (Fsp3) is 0.250. The molecule has 1 amide bonds. The number of hydrogen-bond donors (Lipinski definition) is 2. The summed E-state index contributed by atoms with van der Waals surface area (Å²) in [7, 11) is 0. The van der Waals surface area contributed by atoms with Crippen LogP contribution in [-0.4, -0.2) is 22.6 Å². The molecule has 1 aromatic heterocycles. The van der Waals surface area contributed by atoms with Crippen LogP contribution in [0, 0.1) is 0 Å². The molecule has 0 saturated heterocycles. The standard InChI is InChI=1S/C12H14N4O2S/c13-10(17)6-14-7-12-15-11(16-18-12)8-19-9-4-2-1-3-5-9/h1-5,14H,6-8H2,(H2,13,17). The summed E-state index contributed by atoms with van der Waals surface area (Å²) in [6.45, 7) is 0.433. The zero-order valence-electron chi connectivity index (χ0n) is 10.2. The van der Waals surface area contributed by atoms with Gasteiger partial charge in [-0.15, -0.1) is 11.8 Å². The summed E-state index contributed by atoms with van der Waals surface area (Å²) in [5.74, 6) is 1.30. The van der Waals surface area contributed by atoms with Crippen molar-refractivity contribution in [3.8, 4) is 0 Å². The molecule has 0 fully saturated rings. The average molecular weight is 278 g/mol. The largest absolute Gasteiger partial charge is 0.369 e. The van der Waals surface area contributed by atoms with Crippen LogP contribution >= 0.6 is 11.8 Å². The van der Waals surface area contributed by atoms with E-state index in [1.165, 1.54) is 0 Å². The second-order valence-corrected chi connectivity index (χ2v) is 4.82.